The van der Waals surface area contributed by atoms with Gasteiger partial charge in [-0.2, -0.15) is 5.26 Å². The van der Waals surface area contributed by atoms with Gasteiger partial charge in [0.1, 0.15) is 18.6 Å². The van der Waals surface area contributed by atoms with E-state index in [0.717, 1.165) is 69.1 Å². The van der Waals surface area contributed by atoms with Gasteiger partial charge in [0.05, 0.1) is 46.2 Å². The SMILES string of the molecule is C=CC(=O)OCC(C)(COC(=O)C=C)C(=O)OCCCCCCCCCCCOc1ccc(C=C(C#N)c2ccc(OC)c(OC)c2)cc1OC. The first-order valence-electron chi connectivity index (χ1n) is 17.0. The van der Waals surface area contributed by atoms with E-state index in [2.05, 4.69) is 19.2 Å². The monoisotopic (exact) mass is 705 g/mol. The average molecular weight is 706 g/mol. The van der Waals surface area contributed by atoms with Crippen molar-refractivity contribution in [3.05, 3.63) is 72.8 Å². The molecule has 0 saturated carbocycles. The number of nitriles is 1. The molecule has 0 aromatic heterocycles. The lowest BCUT2D eigenvalue weighted by Crippen LogP contribution is -2.40. The third-order valence-corrected chi connectivity index (χ3v) is 7.99. The normalized spacial score (nSPS) is 11.1. The van der Waals surface area contributed by atoms with E-state index in [4.69, 9.17) is 33.2 Å². The highest BCUT2D eigenvalue weighted by Crippen LogP contribution is 2.33. The first-order chi connectivity index (χ1) is 24.6. The summed E-state index contributed by atoms with van der Waals surface area (Å²) in [6.07, 6.45) is 12.9. The van der Waals surface area contributed by atoms with Crippen LogP contribution in [-0.4, -0.2) is 65.7 Å². The summed E-state index contributed by atoms with van der Waals surface area (Å²) in [6, 6.07) is 13.2. The van der Waals surface area contributed by atoms with Gasteiger partial charge in [0.2, 0.25) is 0 Å². The molecular weight excluding hydrogens is 654 g/mol. The summed E-state index contributed by atoms with van der Waals surface area (Å²) < 4.78 is 37.7. The Morgan fingerprint density at radius 3 is 1.73 bits per heavy atom. The van der Waals surface area contributed by atoms with E-state index in [1.54, 1.807) is 39.5 Å². The average Bonchev–Trinajstić information content (AvgIpc) is 3.16. The molecule has 0 N–H and O–H groups in total. The molecule has 0 aliphatic rings. The Labute approximate surface area is 301 Å². The van der Waals surface area contributed by atoms with Crippen LogP contribution in [0.15, 0.2) is 61.7 Å². The van der Waals surface area contributed by atoms with Gasteiger partial charge in [-0.25, -0.2) is 9.59 Å². The second kappa shape index (κ2) is 23.2. The van der Waals surface area contributed by atoms with Crippen molar-refractivity contribution in [3.8, 4) is 29.1 Å². The van der Waals surface area contributed by atoms with Crippen molar-refractivity contribution in [2.75, 3.05) is 47.8 Å². The third kappa shape index (κ3) is 14.6. The van der Waals surface area contributed by atoms with Crippen molar-refractivity contribution in [1.29, 1.82) is 5.26 Å². The van der Waals surface area contributed by atoms with Crippen LogP contribution in [0.4, 0.5) is 0 Å². The number of carbonyl (C=O) groups is 3. The van der Waals surface area contributed by atoms with Crippen LogP contribution in [0.2, 0.25) is 0 Å². The summed E-state index contributed by atoms with van der Waals surface area (Å²) in [7, 11) is 4.72. The Morgan fingerprint density at radius 2 is 1.20 bits per heavy atom. The number of hydrogen-bond acceptors (Lipinski definition) is 11. The number of benzene rings is 2. The fourth-order valence-corrected chi connectivity index (χ4v) is 4.94. The summed E-state index contributed by atoms with van der Waals surface area (Å²) in [5.41, 5.74) is 0.659. The van der Waals surface area contributed by atoms with Crippen LogP contribution in [0.5, 0.6) is 23.0 Å². The summed E-state index contributed by atoms with van der Waals surface area (Å²) in [4.78, 5) is 35.7. The lowest BCUT2D eigenvalue weighted by molar-refractivity contribution is -0.167. The number of unbranched alkanes of at least 4 members (excludes halogenated alkanes) is 8. The van der Waals surface area contributed by atoms with Crippen molar-refractivity contribution in [1.82, 2.24) is 0 Å². The van der Waals surface area contributed by atoms with Crippen molar-refractivity contribution in [2.24, 2.45) is 5.41 Å². The zero-order valence-corrected chi connectivity index (χ0v) is 30.3. The lowest BCUT2D eigenvalue weighted by Gasteiger charge is -2.26. The Bertz CT molecular complexity index is 1500. The molecule has 0 aliphatic heterocycles. The maximum Gasteiger partial charge on any atom is 0.330 e. The predicted molar refractivity (Wildman–Crippen MR) is 194 cm³/mol. The van der Waals surface area contributed by atoms with E-state index in [0.29, 0.717) is 47.2 Å². The highest BCUT2D eigenvalue weighted by Gasteiger charge is 2.38. The van der Waals surface area contributed by atoms with Gasteiger partial charge >= 0.3 is 17.9 Å². The fourth-order valence-electron chi connectivity index (χ4n) is 4.94. The molecule has 0 amide bonds. The summed E-state index contributed by atoms with van der Waals surface area (Å²) in [6.45, 7) is 8.37. The second-order valence-electron chi connectivity index (χ2n) is 12.0. The van der Waals surface area contributed by atoms with Crippen LogP contribution in [-0.2, 0) is 28.6 Å². The number of allylic oxidation sites excluding steroid dienone is 1. The van der Waals surface area contributed by atoms with E-state index in [1.807, 2.05) is 24.3 Å². The van der Waals surface area contributed by atoms with Gasteiger partial charge in [-0.1, -0.05) is 64.2 Å². The molecule has 0 aliphatic carbocycles. The molecule has 11 heteroatoms. The van der Waals surface area contributed by atoms with Crippen LogP contribution in [0.1, 0.15) is 75.8 Å². The maximum absolute atomic E-state index is 12.7. The zero-order valence-electron chi connectivity index (χ0n) is 30.3. The number of rotatable bonds is 25. The second-order valence-corrected chi connectivity index (χ2v) is 12.0. The van der Waals surface area contributed by atoms with Crippen molar-refractivity contribution >= 4 is 29.6 Å². The third-order valence-electron chi connectivity index (χ3n) is 7.99. The standard InChI is InChI=1S/C40H51NO10/c1-7-37(42)50-28-40(3,29-51-38(43)8-2)39(44)49-23-17-15-13-11-9-10-12-14-16-22-48-34-20-18-30(25-35(34)46-5)24-32(27-41)31-19-21-33(45-4)36(26-31)47-6/h7-8,18-21,24-26H,1-2,9-17,22-23,28-29H2,3-6H3. The molecule has 2 aromatic carbocycles. The van der Waals surface area contributed by atoms with Gasteiger partial charge in [-0.3, -0.25) is 4.79 Å². The summed E-state index contributed by atoms with van der Waals surface area (Å²) in [5, 5.41) is 9.81. The minimum Gasteiger partial charge on any atom is -0.493 e. The van der Waals surface area contributed by atoms with Crippen LogP contribution in [0, 0.1) is 16.7 Å². The molecule has 2 aromatic rings. The van der Waals surface area contributed by atoms with Crippen LogP contribution >= 0.6 is 0 Å². The first kappa shape index (κ1) is 41.9. The molecule has 0 atom stereocenters. The van der Waals surface area contributed by atoms with Gasteiger partial charge in [-0.15, -0.1) is 0 Å². The quantitative estimate of drug-likeness (QED) is 0.0251. The van der Waals surface area contributed by atoms with Gasteiger partial charge < -0.3 is 33.2 Å². The lowest BCUT2D eigenvalue weighted by atomic mass is 9.93. The summed E-state index contributed by atoms with van der Waals surface area (Å²) >= 11 is 0. The molecule has 0 heterocycles. The molecule has 51 heavy (non-hydrogen) atoms. The molecule has 0 spiro atoms. The number of carbonyl (C=O) groups excluding carboxylic acids is 3. The van der Waals surface area contributed by atoms with E-state index < -0.39 is 23.3 Å². The largest absolute Gasteiger partial charge is 0.493 e. The molecular formula is C40H51NO10. The molecule has 0 saturated heterocycles. The van der Waals surface area contributed by atoms with Gasteiger partial charge in [0.25, 0.3) is 0 Å². The topological polar surface area (TPSA) is 140 Å². The Kier molecular flexibility index (Phi) is 19.1. The first-order valence-corrected chi connectivity index (χ1v) is 17.0. The minimum atomic E-state index is -1.34. The maximum atomic E-state index is 12.7. The smallest absolute Gasteiger partial charge is 0.330 e. The fraction of sp³-hybridized carbons (Fsp3) is 0.450. The predicted octanol–water partition coefficient (Wildman–Crippen LogP) is 7.67. The molecule has 0 radical (unpaired) electrons. The van der Waals surface area contributed by atoms with Crippen LogP contribution in [0.25, 0.3) is 11.6 Å². The van der Waals surface area contributed by atoms with Crippen molar-refractivity contribution in [3.63, 3.8) is 0 Å². The number of nitrogens with zero attached hydrogens (tertiary/aromatic N) is 1. The summed E-state index contributed by atoms with van der Waals surface area (Å²) in [5.74, 6) is 0.414. The highest BCUT2D eigenvalue weighted by molar-refractivity contribution is 5.90. The zero-order chi connectivity index (χ0) is 37.5. The molecule has 0 unspecified atom stereocenters. The molecule has 2 rings (SSSR count). The Morgan fingerprint density at radius 1 is 0.686 bits per heavy atom. The molecule has 11 nitrogen and oxygen atoms in total. The van der Waals surface area contributed by atoms with E-state index in [9.17, 15) is 19.6 Å². The van der Waals surface area contributed by atoms with Gasteiger partial charge in [-0.05, 0) is 67.3 Å². The van der Waals surface area contributed by atoms with E-state index in [1.165, 1.54) is 6.92 Å². The Hall–Kier alpha value is -5.24. The van der Waals surface area contributed by atoms with Crippen LogP contribution in [0.3, 0.4) is 0 Å². The molecule has 276 valence electrons. The number of esters is 3. The Balaban J connectivity index is 1.66. The van der Waals surface area contributed by atoms with Crippen molar-refractivity contribution in [2.45, 2.75) is 64.7 Å². The van der Waals surface area contributed by atoms with E-state index >= 15 is 0 Å². The molecule has 0 fully saturated rings. The number of hydrogen-bond donors (Lipinski definition) is 0. The van der Waals surface area contributed by atoms with Gasteiger partial charge in [0, 0.05) is 12.2 Å². The highest BCUT2D eigenvalue weighted by atomic mass is 16.6. The van der Waals surface area contributed by atoms with Crippen molar-refractivity contribution < 1.29 is 47.5 Å². The number of methoxy groups -OCH3 is 3. The molecule has 0 bridgehead atoms. The number of ether oxygens (including phenoxy) is 7. The van der Waals surface area contributed by atoms with Crippen LogP contribution < -0.4 is 18.9 Å². The van der Waals surface area contributed by atoms with E-state index in [-0.39, 0.29) is 19.8 Å². The van der Waals surface area contributed by atoms with Gasteiger partial charge in [0.15, 0.2) is 23.0 Å². The minimum absolute atomic E-state index is 0.226.